The van der Waals surface area contributed by atoms with Crippen LogP contribution in [0.4, 0.5) is 5.82 Å². The van der Waals surface area contributed by atoms with Crippen LogP contribution in [0.1, 0.15) is 33.1 Å². The Morgan fingerprint density at radius 1 is 1.09 bits per heavy atom. The first-order valence-corrected chi connectivity index (χ1v) is 12.2. The summed E-state index contributed by atoms with van der Waals surface area (Å²) in [5.74, 6) is 2.25. The third-order valence-electron chi connectivity index (χ3n) is 6.34. The molecule has 2 heterocycles. The van der Waals surface area contributed by atoms with Crippen LogP contribution in [-0.2, 0) is 9.59 Å². The predicted molar refractivity (Wildman–Crippen MR) is 132 cm³/mol. The molecule has 0 spiro atoms. The van der Waals surface area contributed by atoms with Crippen LogP contribution in [0.3, 0.4) is 0 Å². The molecule has 2 aliphatic rings. The Kier molecular flexibility index (Phi) is 7.65. The maximum Gasteiger partial charge on any atom is 0.242 e. The Labute approximate surface area is 201 Å². The van der Waals surface area contributed by atoms with Crippen LogP contribution in [0.2, 0.25) is 0 Å². The van der Waals surface area contributed by atoms with Crippen molar-refractivity contribution < 1.29 is 14.3 Å². The van der Waals surface area contributed by atoms with Crippen LogP contribution in [0.15, 0.2) is 36.4 Å². The van der Waals surface area contributed by atoms with Gasteiger partial charge in [0.05, 0.1) is 19.3 Å². The van der Waals surface area contributed by atoms with Crippen molar-refractivity contribution in [2.45, 2.75) is 33.1 Å². The number of aromatic nitrogens is 2. The molecular weight excluding hydrogens is 430 g/mol. The number of anilines is 1. The van der Waals surface area contributed by atoms with E-state index in [1.165, 1.54) is 0 Å². The average Bonchev–Trinajstić information content (AvgIpc) is 3.70. The van der Waals surface area contributed by atoms with Crippen LogP contribution in [0.5, 0.6) is 5.75 Å². The summed E-state index contributed by atoms with van der Waals surface area (Å²) in [6.45, 7) is 7.80. The van der Waals surface area contributed by atoms with Gasteiger partial charge in [0.1, 0.15) is 5.75 Å². The molecule has 2 aromatic rings. The first-order valence-electron chi connectivity index (χ1n) is 12.2. The van der Waals surface area contributed by atoms with E-state index in [0.29, 0.717) is 32.1 Å². The van der Waals surface area contributed by atoms with Crippen LogP contribution in [-0.4, -0.2) is 78.2 Å². The molecule has 2 amide bonds. The van der Waals surface area contributed by atoms with E-state index < -0.39 is 0 Å². The summed E-state index contributed by atoms with van der Waals surface area (Å²) in [7, 11) is 1.65. The summed E-state index contributed by atoms with van der Waals surface area (Å²) in [5, 5.41) is 8.88. The molecule has 1 saturated heterocycles. The molecule has 0 bridgehead atoms. The van der Waals surface area contributed by atoms with Crippen LogP contribution in [0.25, 0.3) is 11.3 Å². The van der Waals surface area contributed by atoms with Gasteiger partial charge in [0, 0.05) is 44.2 Å². The van der Waals surface area contributed by atoms with Gasteiger partial charge in [-0.2, -0.15) is 0 Å². The summed E-state index contributed by atoms with van der Waals surface area (Å²) < 4.78 is 5.30. The minimum absolute atomic E-state index is 0.0379. The summed E-state index contributed by atoms with van der Waals surface area (Å²) in [5.41, 5.74) is 1.75. The fourth-order valence-electron chi connectivity index (χ4n) is 4.35. The van der Waals surface area contributed by atoms with E-state index in [4.69, 9.17) is 4.74 Å². The summed E-state index contributed by atoms with van der Waals surface area (Å²) in [6, 6.07) is 11.7. The molecule has 182 valence electrons. The maximum atomic E-state index is 13.1. The maximum absolute atomic E-state index is 13.1. The molecule has 34 heavy (non-hydrogen) atoms. The second-order valence-electron chi connectivity index (χ2n) is 9.62. The number of nitrogens with zero attached hydrogens (tertiary/aromatic N) is 5. The lowest BCUT2D eigenvalue weighted by molar-refractivity contribution is -0.141. The monoisotopic (exact) mass is 465 g/mol. The summed E-state index contributed by atoms with van der Waals surface area (Å²) >= 11 is 0. The van der Waals surface area contributed by atoms with Gasteiger partial charge in [-0.05, 0) is 49.4 Å². The van der Waals surface area contributed by atoms with E-state index in [1.54, 1.807) is 12.0 Å². The molecule has 2 fully saturated rings. The van der Waals surface area contributed by atoms with E-state index in [2.05, 4.69) is 28.9 Å². The van der Waals surface area contributed by atoms with E-state index in [9.17, 15) is 9.59 Å². The van der Waals surface area contributed by atoms with Gasteiger partial charge in [-0.1, -0.05) is 26.0 Å². The number of rotatable bonds is 8. The molecule has 1 aromatic heterocycles. The third kappa shape index (κ3) is 6.04. The second kappa shape index (κ2) is 10.8. The van der Waals surface area contributed by atoms with Gasteiger partial charge in [-0.15, -0.1) is 10.2 Å². The van der Waals surface area contributed by atoms with Gasteiger partial charge >= 0.3 is 0 Å². The average molecular weight is 466 g/mol. The molecule has 0 radical (unpaired) electrons. The molecule has 4 rings (SSSR count). The second-order valence-corrected chi connectivity index (χ2v) is 9.62. The SMILES string of the molecule is COc1cccc(-c2ccc(N3CCCN(C(=O)CN(CC(C)C)C(=O)C4CC4)CC3)nn2)c1. The zero-order valence-corrected chi connectivity index (χ0v) is 20.4. The van der Waals surface area contributed by atoms with Crippen molar-refractivity contribution in [1.29, 1.82) is 0 Å². The van der Waals surface area contributed by atoms with Crippen LogP contribution < -0.4 is 9.64 Å². The van der Waals surface area contributed by atoms with Crippen molar-refractivity contribution >= 4 is 17.6 Å². The van der Waals surface area contributed by atoms with Crippen molar-refractivity contribution in [2.75, 3.05) is 51.3 Å². The van der Waals surface area contributed by atoms with Gasteiger partial charge < -0.3 is 19.4 Å². The molecular formula is C26H35N5O3. The lowest BCUT2D eigenvalue weighted by Crippen LogP contribution is -2.45. The van der Waals surface area contributed by atoms with Crippen molar-refractivity contribution in [3.05, 3.63) is 36.4 Å². The number of hydrogen-bond donors (Lipinski definition) is 0. The molecule has 0 atom stereocenters. The fraction of sp³-hybridized carbons (Fsp3) is 0.538. The molecule has 0 unspecified atom stereocenters. The molecule has 1 aromatic carbocycles. The van der Waals surface area contributed by atoms with Gasteiger partial charge in [-0.3, -0.25) is 9.59 Å². The van der Waals surface area contributed by atoms with E-state index in [-0.39, 0.29) is 24.3 Å². The Bertz CT molecular complexity index is 990. The van der Waals surface area contributed by atoms with Gasteiger partial charge in [0.15, 0.2) is 5.82 Å². The third-order valence-corrected chi connectivity index (χ3v) is 6.34. The number of benzene rings is 1. The smallest absolute Gasteiger partial charge is 0.242 e. The predicted octanol–water partition coefficient (Wildman–Crippen LogP) is 3.09. The normalized spacial score (nSPS) is 16.4. The van der Waals surface area contributed by atoms with E-state index in [1.807, 2.05) is 41.3 Å². The Morgan fingerprint density at radius 2 is 1.91 bits per heavy atom. The molecule has 1 saturated carbocycles. The standard InChI is InChI=1S/C26H35N5O3/c1-19(2)17-31(26(33)20-8-9-20)18-25(32)30-13-5-12-29(14-15-30)24-11-10-23(27-28-24)21-6-4-7-22(16-21)34-3/h4,6-7,10-11,16,19-20H,5,8-9,12-15,17-18H2,1-3H3. The van der Waals surface area contributed by atoms with Crippen molar-refractivity contribution in [3.8, 4) is 17.0 Å². The number of carbonyl (C=O) groups excluding carboxylic acids is 2. The minimum atomic E-state index is 0.0379. The quantitative estimate of drug-likeness (QED) is 0.596. The highest BCUT2D eigenvalue weighted by molar-refractivity contribution is 5.87. The lowest BCUT2D eigenvalue weighted by atomic mass is 10.1. The number of carbonyl (C=O) groups is 2. The highest BCUT2D eigenvalue weighted by Crippen LogP contribution is 2.31. The van der Waals surface area contributed by atoms with Crippen molar-refractivity contribution in [1.82, 2.24) is 20.0 Å². The molecule has 1 aliphatic carbocycles. The first-order chi connectivity index (χ1) is 16.4. The zero-order valence-electron chi connectivity index (χ0n) is 20.4. The highest BCUT2D eigenvalue weighted by Gasteiger charge is 2.35. The van der Waals surface area contributed by atoms with Gasteiger partial charge in [0.2, 0.25) is 11.8 Å². The first kappa shape index (κ1) is 24.0. The molecule has 1 aliphatic heterocycles. The number of methoxy groups -OCH3 is 1. The number of ether oxygens (including phenoxy) is 1. The Hall–Kier alpha value is -3.16. The molecule has 8 heteroatoms. The van der Waals surface area contributed by atoms with Crippen LogP contribution in [0, 0.1) is 11.8 Å². The van der Waals surface area contributed by atoms with Crippen molar-refractivity contribution in [3.63, 3.8) is 0 Å². The molecule has 8 nitrogen and oxygen atoms in total. The van der Waals surface area contributed by atoms with E-state index >= 15 is 0 Å². The van der Waals surface area contributed by atoms with Crippen LogP contribution >= 0.6 is 0 Å². The Morgan fingerprint density at radius 3 is 2.59 bits per heavy atom. The van der Waals surface area contributed by atoms with E-state index in [0.717, 1.165) is 48.6 Å². The van der Waals surface area contributed by atoms with Crippen molar-refractivity contribution in [2.24, 2.45) is 11.8 Å². The lowest BCUT2D eigenvalue weighted by Gasteiger charge is -2.28. The topological polar surface area (TPSA) is 78.9 Å². The molecule has 0 N–H and O–H groups in total. The zero-order chi connectivity index (χ0) is 24.1. The minimum Gasteiger partial charge on any atom is -0.497 e. The number of amides is 2. The Balaban J connectivity index is 1.35. The summed E-state index contributed by atoms with van der Waals surface area (Å²) in [4.78, 5) is 31.6. The highest BCUT2D eigenvalue weighted by atomic mass is 16.5. The van der Waals surface area contributed by atoms with Gasteiger partial charge in [-0.25, -0.2) is 0 Å². The fourth-order valence-corrected chi connectivity index (χ4v) is 4.35. The largest absolute Gasteiger partial charge is 0.497 e. The van der Waals surface area contributed by atoms with Gasteiger partial charge in [0.25, 0.3) is 0 Å². The summed E-state index contributed by atoms with van der Waals surface area (Å²) in [6.07, 6.45) is 2.77. The number of hydrogen-bond acceptors (Lipinski definition) is 6.